The summed E-state index contributed by atoms with van der Waals surface area (Å²) in [6, 6.07) is 19.1. The van der Waals surface area contributed by atoms with E-state index >= 15 is 0 Å². The van der Waals surface area contributed by atoms with Crippen molar-refractivity contribution in [1.29, 1.82) is 0 Å². The van der Waals surface area contributed by atoms with Crippen molar-refractivity contribution in [2.45, 2.75) is 33.8 Å². The molecule has 31 heavy (non-hydrogen) atoms. The molecule has 0 saturated heterocycles. The van der Waals surface area contributed by atoms with E-state index < -0.39 is 18.0 Å². The van der Waals surface area contributed by atoms with Crippen LogP contribution in [0.25, 0.3) is 0 Å². The second-order valence-corrected chi connectivity index (χ2v) is 7.55. The van der Waals surface area contributed by atoms with E-state index in [2.05, 4.69) is 5.32 Å². The lowest BCUT2D eigenvalue weighted by Gasteiger charge is -2.17. The van der Waals surface area contributed by atoms with Crippen molar-refractivity contribution >= 4 is 23.3 Å². The fourth-order valence-electron chi connectivity index (χ4n) is 3.48. The van der Waals surface area contributed by atoms with E-state index in [4.69, 9.17) is 4.74 Å². The quantitative estimate of drug-likeness (QED) is 0.453. The number of benzene rings is 3. The lowest BCUT2D eigenvalue weighted by atomic mass is 9.98. The molecule has 1 N–H and O–H groups in total. The molecule has 5 heteroatoms. The third-order valence-electron chi connectivity index (χ3n) is 5.01. The largest absolute Gasteiger partial charge is 0.449 e. The van der Waals surface area contributed by atoms with Crippen LogP contribution in [0.2, 0.25) is 0 Å². The maximum Gasteiger partial charge on any atom is 0.339 e. The molecule has 0 spiro atoms. The Bertz CT molecular complexity index is 1110. The van der Waals surface area contributed by atoms with E-state index in [1.165, 1.54) is 13.0 Å². The van der Waals surface area contributed by atoms with Gasteiger partial charge in [0.25, 0.3) is 5.91 Å². The Morgan fingerprint density at radius 1 is 0.806 bits per heavy atom. The number of amides is 1. The number of nitrogens with one attached hydrogen (secondary N) is 1. The molecule has 0 bridgehead atoms. The van der Waals surface area contributed by atoms with Gasteiger partial charge in [0.2, 0.25) is 0 Å². The molecule has 0 radical (unpaired) electrons. The molecule has 0 aliphatic rings. The minimum atomic E-state index is -1.03. The Kier molecular flexibility index (Phi) is 6.65. The number of esters is 1. The highest BCUT2D eigenvalue weighted by Crippen LogP contribution is 2.22. The monoisotopic (exact) mass is 415 g/mol. The Hall–Kier alpha value is -3.73. The molecule has 3 aromatic carbocycles. The van der Waals surface area contributed by atoms with Gasteiger partial charge in [-0.25, -0.2) is 4.79 Å². The number of ketones is 1. The number of ether oxygens (including phenoxy) is 1. The van der Waals surface area contributed by atoms with Gasteiger partial charge in [-0.2, -0.15) is 0 Å². The van der Waals surface area contributed by atoms with E-state index in [-0.39, 0.29) is 16.9 Å². The van der Waals surface area contributed by atoms with Crippen LogP contribution in [0.4, 0.5) is 5.69 Å². The molecule has 5 nitrogen and oxygen atoms in total. The summed E-state index contributed by atoms with van der Waals surface area (Å²) in [5, 5.41) is 2.84. The molecule has 3 aromatic rings. The van der Waals surface area contributed by atoms with Crippen LogP contribution in [0.1, 0.15) is 49.9 Å². The molecule has 0 aromatic heterocycles. The zero-order valence-corrected chi connectivity index (χ0v) is 18.1. The number of carbonyl (C=O) groups excluding carboxylic acids is 3. The van der Waals surface area contributed by atoms with E-state index in [1.54, 1.807) is 42.5 Å². The lowest BCUT2D eigenvalue weighted by Crippen LogP contribution is -2.31. The Labute approximate surface area is 182 Å². The number of anilines is 1. The number of carbonyl (C=O) groups is 3. The zero-order chi connectivity index (χ0) is 22.5. The number of rotatable bonds is 6. The number of aryl methyl sites for hydroxylation is 3. The summed E-state index contributed by atoms with van der Waals surface area (Å²) < 4.78 is 5.40. The first-order valence-corrected chi connectivity index (χ1v) is 10.1. The molecule has 0 saturated carbocycles. The topological polar surface area (TPSA) is 72.5 Å². The summed E-state index contributed by atoms with van der Waals surface area (Å²) in [7, 11) is 0. The van der Waals surface area contributed by atoms with Crippen LogP contribution < -0.4 is 5.32 Å². The lowest BCUT2D eigenvalue weighted by molar-refractivity contribution is -0.123. The summed E-state index contributed by atoms with van der Waals surface area (Å²) >= 11 is 0. The van der Waals surface area contributed by atoms with Crippen LogP contribution in [0, 0.1) is 20.8 Å². The van der Waals surface area contributed by atoms with Gasteiger partial charge in [-0.1, -0.05) is 66.2 Å². The highest BCUT2D eigenvalue weighted by molar-refractivity contribution is 6.14. The van der Waals surface area contributed by atoms with Gasteiger partial charge in [-0.05, 0) is 44.9 Å². The van der Waals surface area contributed by atoms with Crippen molar-refractivity contribution in [3.05, 3.63) is 100 Å². The third kappa shape index (κ3) is 5.07. The normalized spacial score (nSPS) is 11.5. The van der Waals surface area contributed by atoms with Gasteiger partial charge in [0.15, 0.2) is 11.9 Å². The highest BCUT2D eigenvalue weighted by Gasteiger charge is 2.24. The third-order valence-corrected chi connectivity index (χ3v) is 5.01. The fraction of sp³-hybridized carbons (Fsp3) is 0.192. The van der Waals surface area contributed by atoms with Crippen molar-refractivity contribution in [3.63, 3.8) is 0 Å². The minimum absolute atomic E-state index is 0.124. The first-order valence-electron chi connectivity index (χ1n) is 10.1. The Balaban J connectivity index is 1.76. The van der Waals surface area contributed by atoms with Gasteiger partial charge in [0, 0.05) is 16.8 Å². The van der Waals surface area contributed by atoms with E-state index in [0.29, 0.717) is 11.3 Å². The Morgan fingerprint density at radius 3 is 1.97 bits per heavy atom. The summed E-state index contributed by atoms with van der Waals surface area (Å²) in [6.07, 6.45) is -1.03. The first-order chi connectivity index (χ1) is 14.8. The van der Waals surface area contributed by atoms with Crippen LogP contribution in [0.3, 0.4) is 0 Å². The van der Waals surface area contributed by atoms with E-state index in [0.717, 1.165) is 16.7 Å². The molecule has 1 amide bonds. The van der Waals surface area contributed by atoms with Crippen molar-refractivity contribution in [2.24, 2.45) is 0 Å². The van der Waals surface area contributed by atoms with Gasteiger partial charge in [-0.15, -0.1) is 0 Å². The summed E-state index contributed by atoms with van der Waals surface area (Å²) in [6.45, 7) is 7.33. The molecule has 1 atom stereocenters. The van der Waals surface area contributed by atoms with Gasteiger partial charge < -0.3 is 10.1 Å². The Morgan fingerprint density at radius 2 is 1.35 bits per heavy atom. The van der Waals surface area contributed by atoms with Crippen LogP contribution in [-0.2, 0) is 9.53 Å². The molecule has 3 rings (SSSR count). The summed E-state index contributed by atoms with van der Waals surface area (Å²) in [5.74, 6) is -1.44. The SMILES string of the molecule is Cc1cc(C)c(NC(=O)C(C)OC(=O)c2ccccc2C(=O)c2ccccc2)c(C)c1. The van der Waals surface area contributed by atoms with Crippen LogP contribution in [-0.4, -0.2) is 23.8 Å². The number of hydrogen-bond donors (Lipinski definition) is 1. The van der Waals surface area contributed by atoms with Crippen LogP contribution in [0.15, 0.2) is 66.7 Å². The average molecular weight is 415 g/mol. The van der Waals surface area contributed by atoms with Gasteiger partial charge in [-0.3, -0.25) is 9.59 Å². The molecular formula is C26H25NO4. The van der Waals surface area contributed by atoms with Crippen molar-refractivity contribution in [3.8, 4) is 0 Å². The molecule has 158 valence electrons. The molecule has 0 aliphatic carbocycles. The predicted molar refractivity (Wildman–Crippen MR) is 120 cm³/mol. The summed E-state index contributed by atoms with van der Waals surface area (Å²) in [5.41, 5.74) is 4.51. The zero-order valence-electron chi connectivity index (χ0n) is 18.1. The number of hydrogen-bond acceptors (Lipinski definition) is 4. The van der Waals surface area contributed by atoms with Crippen molar-refractivity contribution < 1.29 is 19.1 Å². The van der Waals surface area contributed by atoms with Gasteiger partial charge in [0.05, 0.1) is 5.56 Å². The van der Waals surface area contributed by atoms with E-state index in [9.17, 15) is 14.4 Å². The second-order valence-electron chi connectivity index (χ2n) is 7.55. The summed E-state index contributed by atoms with van der Waals surface area (Å²) in [4.78, 5) is 38.3. The molecular weight excluding hydrogens is 390 g/mol. The minimum Gasteiger partial charge on any atom is -0.449 e. The smallest absolute Gasteiger partial charge is 0.339 e. The first kappa shape index (κ1) is 22.0. The maximum atomic E-state index is 12.8. The van der Waals surface area contributed by atoms with Crippen molar-refractivity contribution in [2.75, 3.05) is 5.32 Å². The molecule has 0 aliphatic heterocycles. The average Bonchev–Trinajstić information content (AvgIpc) is 2.76. The highest BCUT2D eigenvalue weighted by atomic mass is 16.5. The van der Waals surface area contributed by atoms with Gasteiger partial charge in [0.1, 0.15) is 0 Å². The molecule has 0 heterocycles. The molecule has 1 unspecified atom stereocenters. The van der Waals surface area contributed by atoms with E-state index in [1.807, 2.05) is 39.0 Å². The predicted octanol–water partition coefficient (Wildman–Crippen LogP) is 5.03. The standard InChI is InChI=1S/C26H25NO4/c1-16-14-17(2)23(18(3)15-16)27-25(29)19(4)31-26(30)22-13-9-8-12-21(22)24(28)20-10-6-5-7-11-20/h5-15,19H,1-4H3,(H,27,29). The van der Waals surface area contributed by atoms with Crippen LogP contribution in [0.5, 0.6) is 0 Å². The van der Waals surface area contributed by atoms with Gasteiger partial charge >= 0.3 is 5.97 Å². The maximum absolute atomic E-state index is 12.8. The van der Waals surface area contributed by atoms with Crippen LogP contribution >= 0.6 is 0 Å². The fourth-order valence-corrected chi connectivity index (χ4v) is 3.48. The molecule has 0 fully saturated rings. The van der Waals surface area contributed by atoms with Crippen molar-refractivity contribution in [1.82, 2.24) is 0 Å². The second kappa shape index (κ2) is 9.39.